The number of nitrogen functional groups attached to an aromatic ring is 1. The highest BCUT2D eigenvalue weighted by Gasteiger charge is 2.26. The van der Waals surface area contributed by atoms with Gasteiger partial charge in [0.05, 0.1) is 6.20 Å². The van der Waals surface area contributed by atoms with Gasteiger partial charge in [0, 0.05) is 18.6 Å². The average Bonchev–Trinajstić information content (AvgIpc) is 2.85. The minimum absolute atomic E-state index is 0.229. The van der Waals surface area contributed by atoms with Crippen LogP contribution in [0.25, 0.3) is 0 Å². The Morgan fingerprint density at radius 2 is 2.42 bits per heavy atom. The molecular formula is C13H20N6. The van der Waals surface area contributed by atoms with Crippen LogP contribution >= 0.6 is 0 Å². The number of nitrogens with two attached hydrogens (primary N) is 1. The third-order valence-electron chi connectivity index (χ3n) is 3.52. The molecule has 1 unspecified atom stereocenters. The van der Waals surface area contributed by atoms with Gasteiger partial charge in [0.25, 0.3) is 0 Å². The molecule has 102 valence electrons. The highest BCUT2D eigenvalue weighted by molar-refractivity contribution is 5.49. The predicted octanol–water partition coefficient (Wildman–Crippen LogP) is 1.22. The van der Waals surface area contributed by atoms with Crippen molar-refractivity contribution in [3.05, 3.63) is 11.8 Å². The van der Waals surface area contributed by atoms with E-state index in [0.717, 1.165) is 13.1 Å². The molecule has 0 spiro atoms. The van der Waals surface area contributed by atoms with Crippen molar-refractivity contribution in [2.45, 2.75) is 38.8 Å². The van der Waals surface area contributed by atoms with E-state index in [9.17, 15) is 0 Å². The van der Waals surface area contributed by atoms with E-state index in [1.165, 1.54) is 19.0 Å². The summed E-state index contributed by atoms with van der Waals surface area (Å²) in [5.41, 5.74) is 5.98. The second kappa shape index (κ2) is 5.85. The molecule has 6 nitrogen and oxygen atoms in total. The molecule has 0 aliphatic carbocycles. The van der Waals surface area contributed by atoms with Gasteiger partial charge >= 0.3 is 0 Å². The molecule has 6 heteroatoms. The van der Waals surface area contributed by atoms with E-state index in [-0.39, 0.29) is 5.82 Å². The first-order valence-corrected chi connectivity index (χ1v) is 6.64. The third kappa shape index (κ3) is 3.12. The van der Waals surface area contributed by atoms with Crippen LogP contribution in [0.15, 0.2) is 6.20 Å². The second-order valence-corrected chi connectivity index (χ2v) is 5.11. The van der Waals surface area contributed by atoms with Crippen LogP contribution < -0.4 is 11.1 Å². The zero-order valence-corrected chi connectivity index (χ0v) is 11.4. The molecule has 1 aliphatic rings. The highest BCUT2D eigenvalue weighted by atomic mass is 15.2. The molecule has 0 bridgehead atoms. The highest BCUT2D eigenvalue weighted by Crippen LogP contribution is 2.20. The Kier molecular flexibility index (Phi) is 4.17. The van der Waals surface area contributed by atoms with Crippen LogP contribution in [-0.2, 0) is 0 Å². The fourth-order valence-corrected chi connectivity index (χ4v) is 2.53. The van der Waals surface area contributed by atoms with Gasteiger partial charge in [-0.15, -0.1) is 0 Å². The van der Waals surface area contributed by atoms with Crippen LogP contribution in [0.5, 0.6) is 0 Å². The number of hydrogen-bond donors (Lipinski definition) is 2. The molecule has 1 atom stereocenters. The maximum absolute atomic E-state index is 8.77. The Balaban J connectivity index is 1.95. The molecule has 0 radical (unpaired) electrons. The van der Waals surface area contributed by atoms with E-state index < -0.39 is 0 Å². The lowest BCUT2D eigenvalue weighted by atomic mass is 10.2. The first-order valence-electron chi connectivity index (χ1n) is 6.64. The van der Waals surface area contributed by atoms with E-state index in [4.69, 9.17) is 11.0 Å². The zero-order chi connectivity index (χ0) is 13.8. The maximum atomic E-state index is 8.77. The summed E-state index contributed by atoms with van der Waals surface area (Å²) in [6.45, 7) is 6.40. The SMILES string of the molecule is CC(C)N1CCCC1CNc1ncc(C#N)c(N)n1. The lowest BCUT2D eigenvalue weighted by Gasteiger charge is -2.28. The van der Waals surface area contributed by atoms with Gasteiger partial charge in [-0.05, 0) is 33.2 Å². The van der Waals surface area contributed by atoms with Crippen molar-refractivity contribution >= 4 is 11.8 Å². The molecule has 0 amide bonds. The summed E-state index contributed by atoms with van der Waals surface area (Å²) in [7, 11) is 0. The van der Waals surface area contributed by atoms with Crippen molar-refractivity contribution in [1.29, 1.82) is 5.26 Å². The lowest BCUT2D eigenvalue weighted by Crippen LogP contribution is -2.39. The largest absolute Gasteiger partial charge is 0.382 e. The molecule has 0 saturated carbocycles. The maximum Gasteiger partial charge on any atom is 0.224 e. The number of rotatable bonds is 4. The predicted molar refractivity (Wildman–Crippen MR) is 74.5 cm³/mol. The summed E-state index contributed by atoms with van der Waals surface area (Å²) < 4.78 is 0. The normalized spacial score (nSPS) is 19.6. The summed E-state index contributed by atoms with van der Waals surface area (Å²) in [4.78, 5) is 10.7. The topological polar surface area (TPSA) is 90.9 Å². The van der Waals surface area contributed by atoms with E-state index in [2.05, 4.69) is 34.0 Å². The molecule has 1 fully saturated rings. The van der Waals surface area contributed by atoms with Gasteiger partial charge in [-0.1, -0.05) is 0 Å². The van der Waals surface area contributed by atoms with Gasteiger partial charge in [-0.3, -0.25) is 4.90 Å². The standard InChI is InChI=1S/C13H20N6/c1-9(2)19-5-3-4-11(19)8-17-13-16-7-10(6-14)12(15)18-13/h7,9,11H,3-5,8H2,1-2H3,(H3,15,16,17,18). The van der Waals surface area contributed by atoms with Crippen LogP contribution in [-0.4, -0.2) is 40.0 Å². The molecule has 2 heterocycles. The van der Waals surface area contributed by atoms with Crippen molar-refractivity contribution in [3.63, 3.8) is 0 Å². The summed E-state index contributed by atoms with van der Waals surface area (Å²) in [5, 5.41) is 12.0. The molecule has 3 N–H and O–H groups in total. The fourth-order valence-electron chi connectivity index (χ4n) is 2.53. The average molecular weight is 260 g/mol. The lowest BCUT2D eigenvalue weighted by molar-refractivity contribution is 0.211. The van der Waals surface area contributed by atoms with Crippen molar-refractivity contribution < 1.29 is 0 Å². The van der Waals surface area contributed by atoms with Gasteiger partial charge in [0.1, 0.15) is 17.5 Å². The van der Waals surface area contributed by atoms with Gasteiger partial charge in [0.15, 0.2) is 0 Å². The Morgan fingerprint density at radius 1 is 1.63 bits per heavy atom. The van der Waals surface area contributed by atoms with Crippen LogP contribution in [0, 0.1) is 11.3 Å². The number of nitrogens with one attached hydrogen (secondary N) is 1. The van der Waals surface area contributed by atoms with E-state index >= 15 is 0 Å². The van der Waals surface area contributed by atoms with Crippen LogP contribution in [0.4, 0.5) is 11.8 Å². The number of hydrogen-bond acceptors (Lipinski definition) is 6. The molecule has 19 heavy (non-hydrogen) atoms. The van der Waals surface area contributed by atoms with Gasteiger partial charge < -0.3 is 11.1 Å². The number of nitriles is 1. The molecule has 1 aromatic rings. The summed E-state index contributed by atoms with van der Waals surface area (Å²) in [5.74, 6) is 0.722. The van der Waals surface area contributed by atoms with Gasteiger partial charge in [-0.2, -0.15) is 10.2 Å². The van der Waals surface area contributed by atoms with Crippen molar-refractivity contribution in [1.82, 2.24) is 14.9 Å². The Bertz CT molecular complexity index is 479. The Labute approximate surface area is 113 Å². The van der Waals surface area contributed by atoms with Crippen molar-refractivity contribution in [3.8, 4) is 6.07 Å². The first-order chi connectivity index (χ1) is 9.11. The Morgan fingerprint density at radius 3 is 3.05 bits per heavy atom. The van der Waals surface area contributed by atoms with Gasteiger partial charge in [0.2, 0.25) is 5.95 Å². The van der Waals surface area contributed by atoms with Crippen LogP contribution in [0.2, 0.25) is 0 Å². The molecule has 1 aromatic heterocycles. The summed E-state index contributed by atoms with van der Waals surface area (Å²) in [6.07, 6.45) is 3.89. The van der Waals surface area contributed by atoms with Crippen molar-refractivity contribution in [2.75, 3.05) is 24.1 Å². The van der Waals surface area contributed by atoms with E-state index in [1.54, 1.807) is 0 Å². The minimum atomic E-state index is 0.229. The van der Waals surface area contributed by atoms with Crippen LogP contribution in [0.1, 0.15) is 32.3 Å². The molecule has 1 aliphatic heterocycles. The van der Waals surface area contributed by atoms with Crippen molar-refractivity contribution in [2.24, 2.45) is 0 Å². The number of likely N-dealkylation sites (tertiary alicyclic amines) is 1. The smallest absolute Gasteiger partial charge is 0.224 e. The Hall–Kier alpha value is -1.87. The summed E-state index contributed by atoms with van der Waals surface area (Å²) >= 11 is 0. The zero-order valence-electron chi connectivity index (χ0n) is 11.4. The molecular weight excluding hydrogens is 240 g/mol. The number of nitrogens with zero attached hydrogens (tertiary/aromatic N) is 4. The monoisotopic (exact) mass is 260 g/mol. The van der Waals surface area contributed by atoms with E-state index in [0.29, 0.717) is 23.6 Å². The second-order valence-electron chi connectivity index (χ2n) is 5.11. The van der Waals surface area contributed by atoms with E-state index in [1.807, 2.05) is 6.07 Å². The molecule has 0 aromatic carbocycles. The van der Waals surface area contributed by atoms with Crippen LogP contribution in [0.3, 0.4) is 0 Å². The molecule has 2 rings (SSSR count). The summed E-state index contributed by atoms with van der Waals surface area (Å²) in [6, 6.07) is 3.03. The quantitative estimate of drug-likeness (QED) is 0.845. The first kappa shape index (κ1) is 13.6. The third-order valence-corrected chi connectivity index (χ3v) is 3.52. The minimum Gasteiger partial charge on any atom is -0.382 e. The van der Waals surface area contributed by atoms with Gasteiger partial charge in [-0.25, -0.2) is 4.98 Å². The number of anilines is 2. The fraction of sp³-hybridized carbons (Fsp3) is 0.615. The number of aromatic nitrogens is 2. The molecule has 1 saturated heterocycles.